The van der Waals surface area contributed by atoms with E-state index in [1.165, 1.54) is 28.6 Å². The van der Waals surface area contributed by atoms with Crippen molar-refractivity contribution in [2.45, 2.75) is 29.8 Å². The van der Waals surface area contributed by atoms with E-state index in [1.807, 2.05) is 4.90 Å². The van der Waals surface area contributed by atoms with E-state index in [9.17, 15) is 17.6 Å². The molecule has 1 aliphatic carbocycles. The first-order chi connectivity index (χ1) is 14.3. The van der Waals surface area contributed by atoms with Crippen LogP contribution in [0.2, 0.25) is 5.02 Å². The average molecular weight is 452 g/mol. The SMILES string of the molecule is O=C(NC1CC1)C(c1ccc(F)cc1)N1CCN(S(=O)(=O)c2ccc(Cl)cc2)CC1. The first-order valence-electron chi connectivity index (χ1n) is 9.90. The van der Waals surface area contributed by atoms with E-state index in [4.69, 9.17) is 11.6 Å². The van der Waals surface area contributed by atoms with E-state index in [2.05, 4.69) is 5.32 Å². The maximum absolute atomic E-state index is 13.4. The molecule has 2 aromatic carbocycles. The molecule has 1 saturated heterocycles. The Morgan fingerprint density at radius 1 is 1.00 bits per heavy atom. The molecule has 1 aliphatic heterocycles. The summed E-state index contributed by atoms with van der Waals surface area (Å²) in [5.74, 6) is -0.489. The molecule has 2 fully saturated rings. The van der Waals surface area contributed by atoms with Gasteiger partial charge in [-0.05, 0) is 54.8 Å². The first-order valence-corrected chi connectivity index (χ1v) is 11.7. The number of nitrogens with zero attached hydrogens (tertiary/aromatic N) is 2. The van der Waals surface area contributed by atoms with Crippen LogP contribution in [0, 0.1) is 5.82 Å². The third-order valence-electron chi connectivity index (χ3n) is 5.45. The Morgan fingerprint density at radius 2 is 1.60 bits per heavy atom. The van der Waals surface area contributed by atoms with E-state index >= 15 is 0 Å². The van der Waals surface area contributed by atoms with Gasteiger partial charge in [-0.2, -0.15) is 4.31 Å². The highest BCUT2D eigenvalue weighted by Gasteiger charge is 2.36. The Balaban J connectivity index is 1.50. The zero-order valence-electron chi connectivity index (χ0n) is 16.3. The Labute approximate surface area is 180 Å². The summed E-state index contributed by atoms with van der Waals surface area (Å²) in [7, 11) is -3.63. The summed E-state index contributed by atoms with van der Waals surface area (Å²) < 4.78 is 40.6. The normalized spacial score (nSPS) is 19.4. The molecular formula is C21H23ClFN3O3S. The predicted octanol–water partition coefficient (Wildman–Crippen LogP) is 2.81. The van der Waals surface area contributed by atoms with Crippen molar-refractivity contribution in [2.75, 3.05) is 26.2 Å². The molecule has 160 valence electrons. The topological polar surface area (TPSA) is 69.7 Å². The summed E-state index contributed by atoms with van der Waals surface area (Å²) in [5, 5.41) is 3.49. The monoisotopic (exact) mass is 451 g/mol. The van der Waals surface area contributed by atoms with Gasteiger partial charge in [-0.3, -0.25) is 9.69 Å². The van der Waals surface area contributed by atoms with Crippen LogP contribution in [0.4, 0.5) is 4.39 Å². The molecule has 30 heavy (non-hydrogen) atoms. The minimum atomic E-state index is -3.63. The van der Waals surface area contributed by atoms with Gasteiger partial charge in [0.1, 0.15) is 11.9 Å². The molecule has 1 heterocycles. The summed E-state index contributed by atoms with van der Waals surface area (Å²) in [6, 6.07) is 11.6. The molecule has 1 saturated carbocycles. The van der Waals surface area contributed by atoms with Gasteiger partial charge >= 0.3 is 0 Å². The van der Waals surface area contributed by atoms with Crippen molar-refractivity contribution in [3.63, 3.8) is 0 Å². The summed E-state index contributed by atoms with van der Waals surface area (Å²) in [6.07, 6.45) is 1.93. The van der Waals surface area contributed by atoms with Crippen LogP contribution in [0.3, 0.4) is 0 Å². The van der Waals surface area contributed by atoms with Crippen molar-refractivity contribution in [3.8, 4) is 0 Å². The molecule has 0 radical (unpaired) electrons. The fraction of sp³-hybridized carbons (Fsp3) is 0.381. The van der Waals surface area contributed by atoms with Gasteiger partial charge < -0.3 is 5.32 Å². The van der Waals surface area contributed by atoms with Gasteiger partial charge in [-0.25, -0.2) is 12.8 Å². The van der Waals surface area contributed by atoms with Gasteiger partial charge in [-0.15, -0.1) is 0 Å². The van der Waals surface area contributed by atoms with E-state index in [-0.39, 0.29) is 35.8 Å². The second-order valence-electron chi connectivity index (χ2n) is 7.63. The fourth-order valence-corrected chi connectivity index (χ4v) is 5.19. The zero-order chi connectivity index (χ0) is 21.3. The number of hydrogen-bond acceptors (Lipinski definition) is 4. The molecule has 9 heteroatoms. The highest BCUT2D eigenvalue weighted by atomic mass is 35.5. The number of sulfonamides is 1. The van der Waals surface area contributed by atoms with Crippen molar-refractivity contribution in [1.29, 1.82) is 0 Å². The van der Waals surface area contributed by atoms with Crippen LogP contribution in [-0.4, -0.2) is 55.8 Å². The number of carbonyl (C=O) groups excluding carboxylic acids is 1. The largest absolute Gasteiger partial charge is 0.352 e. The standard InChI is InChI=1S/C21H23ClFN3O3S/c22-16-3-9-19(10-4-16)30(28,29)26-13-11-25(12-14-26)20(21(27)24-18-7-8-18)15-1-5-17(23)6-2-15/h1-6,9-10,18,20H,7-8,11-14H2,(H,24,27). The first kappa shape index (κ1) is 21.2. The molecule has 2 aromatic rings. The maximum Gasteiger partial charge on any atom is 0.243 e. The highest BCUT2D eigenvalue weighted by Crippen LogP contribution is 2.27. The zero-order valence-corrected chi connectivity index (χ0v) is 17.9. The number of halogens is 2. The minimum Gasteiger partial charge on any atom is -0.352 e. The molecule has 1 amide bonds. The second kappa shape index (κ2) is 8.63. The predicted molar refractivity (Wildman–Crippen MR) is 112 cm³/mol. The summed E-state index contributed by atoms with van der Waals surface area (Å²) >= 11 is 5.86. The van der Waals surface area contributed by atoms with Gasteiger partial charge in [0, 0.05) is 37.2 Å². The van der Waals surface area contributed by atoms with Gasteiger partial charge in [-0.1, -0.05) is 23.7 Å². The van der Waals surface area contributed by atoms with Crippen molar-refractivity contribution >= 4 is 27.5 Å². The summed E-state index contributed by atoms with van der Waals surface area (Å²) in [4.78, 5) is 15.1. The lowest BCUT2D eigenvalue weighted by molar-refractivity contribution is -0.127. The molecule has 1 atom stereocenters. The molecule has 1 unspecified atom stereocenters. The fourth-order valence-electron chi connectivity index (χ4n) is 3.64. The molecule has 0 spiro atoms. The molecule has 2 aliphatic rings. The Bertz CT molecular complexity index is 1000. The van der Waals surface area contributed by atoms with Gasteiger partial charge in [0.25, 0.3) is 0 Å². The van der Waals surface area contributed by atoms with E-state index in [0.717, 1.165) is 12.8 Å². The number of amides is 1. The third kappa shape index (κ3) is 4.67. The molecule has 6 nitrogen and oxygen atoms in total. The summed E-state index contributed by atoms with van der Waals surface area (Å²) in [5.41, 5.74) is 0.698. The second-order valence-corrected chi connectivity index (χ2v) is 10.0. The smallest absolute Gasteiger partial charge is 0.243 e. The minimum absolute atomic E-state index is 0.127. The lowest BCUT2D eigenvalue weighted by Crippen LogP contribution is -2.52. The van der Waals surface area contributed by atoms with Crippen molar-refractivity contribution in [3.05, 3.63) is 64.9 Å². The van der Waals surface area contributed by atoms with Gasteiger partial charge in [0.2, 0.25) is 15.9 Å². The highest BCUT2D eigenvalue weighted by molar-refractivity contribution is 7.89. The van der Waals surface area contributed by atoms with Crippen LogP contribution in [0.25, 0.3) is 0 Å². The molecule has 4 rings (SSSR count). The number of nitrogens with one attached hydrogen (secondary N) is 1. The number of hydrogen-bond donors (Lipinski definition) is 1. The van der Waals surface area contributed by atoms with Crippen molar-refractivity contribution in [1.82, 2.24) is 14.5 Å². The van der Waals surface area contributed by atoms with Crippen LogP contribution in [0.1, 0.15) is 24.4 Å². The Kier molecular flexibility index (Phi) is 6.11. The number of benzene rings is 2. The summed E-state index contributed by atoms with van der Waals surface area (Å²) in [6.45, 7) is 1.32. The van der Waals surface area contributed by atoms with Gasteiger partial charge in [0.15, 0.2) is 0 Å². The van der Waals surface area contributed by atoms with E-state index in [1.54, 1.807) is 24.3 Å². The number of carbonyl (C=O) groups is 1. The van der Waals surface area contributed by atoms with Crippen molar-refractivity contribution in [2.24, 2.45) is 0 Å². The number of piperazine rings is 1. The molecular weight excluding hydrogens is 429 g/mol. The third-order valence-corrected chi connectivity index (χ3v) is 7.61. The van der Waals surface area contributed by atoms with Crippen LogP contribution >= 0.6 is 11.6 Å². The number of rotatable bonds is 6. The van der Waals surface area contributed by atoms with Crippen LogP contribution < -0.4 is 5.32 Å². The molecule has 1 N–H and O–H groups in total. The van der Waals surface area contributed by atoms with Gasteiger partial charge in [0.05, 0.1) is 4.90 Å². The van der Waals surface area contributed by atoms with E-state index < -0.39 is 16.1 Å². The van der Waals surface area contributed by atoms with Crippen molar-refractivity contribution < 1.29 is 17.6 Å². The molecule has 0 aromatic heterocycles. The Morgan fingerprint density at radius 3 is 2.17 bits per heavy atom. The quantitative estimate of drug-likeness (QED) is 0.733. The lowest BCUT2D eigenvalue weighted by Gasteiger charge is -2.38. The average Bonchev–Trinajstić information content (AvgIpc) is 3.54. The van der Waals surface area contributed by atoms with Crippen LogP contribution in [0.15, 0.2) is 53.4 Å². The Hall–Kier alpha value is -2.00. The van der Waals surface area contributed by atoms with Crippen LogP contribution in [0.5, 0.6) is 0 Å². The maximum atomic E-state index is 13.4. The van der Waals surface area contributed by atoms with E-state index in [0.29, 0.717) is 23.7 Å². The van der Waals surface area contributed by atoms with Crippen LogP contribution in [-0.2, 0) is 14.8 Å². The lowest BCUT2D eigenvalue weighted by atomic mass is 10.0. The molecule has 0 bridgehead atoms.